The smallest absolute Gasteiger partial charge is 0.305 e. The van der Waals surface area contributed by atoms with E-state index >= 15 is 0 Å². The fourth-order valence-corrected chi connectivity index (χ4v) is 1.70. The highest BCUT2D eigenvalue weighted by Gasteiger charge is 2.18. The van der Waals surface area contributed by atoms with Gasteiger partial charge in [0.25, 0.3) is 0 Å². The Labute approximate surface area is 96.3 Å². The minimum absolute atomic E-state index is 0.150. The number of nitrogens with zero attached hydrogens (tertiary/aromatic N) is 2. The second-order valence-corrected chi connectivity index (χ2v) is 4.11. The van der Waals surface area contributed by atoms with E-state index in [-0.39, 0.29) is 11.9 Å². The van der Waals surface area contributed by atoms with Gasteiger partial charge in [-0.25, -0.2) is 0 Å². The van der Waals surface area contributed by atoms with Crippen molar-refractivity contribution in [3.63, 3.8) is 0 Å². The third kappa shape index (κ3) is 4.18. The van der Waals surface area contributed by atoms with Gasteiger partial charge in [-0.05, 0) is 13.5 Å². The van der Waals surface area contributed by atoms with Gasteiger partial charge in [0.15, 0.2) is 0 Å². The van der Waals surface area contributed by atoms with E-state index in [1.165, 1.54) is 7.11 Å². The van der Waals surface area contributed by atoms with Gasteiger partial charge in [-0.15, -0.1) is 0 Å². The molecule has 1 amide bonds. The summed E-state index contributed by atoms with van der Waals surface area (Å²) in [5.41, 5.74) is 0. The summed E-state index contributed by atoms with van der Waals surface area (Å²) in [4.78, 5) is 26.7. The summed E-state index contributed by atoms with van der Waals surface area (Å²) in [6, 6.07) is 0. The molecule has 1 saturated heterocycles. The Morgan fingerprint density at radius 3 is 2.31 bits per heavy atom. The number of hydrogen-bond acceptors (Lipinski definition) is 4. The van der Waals surface area contributed by atoms with Crippen LogP contribution < -0.4 is 0 Å². The first-order valence-electron chi connectivity index (χ1n) is 5.66. The Morgan fingerprint density at radius 2 is 1.75 bits per heavy atom. The number of methoxy groups -OCH3 is 1. The number of carbonyl (C=O) groups excluding carboxylic acids is 2. The highest BCUT2D eigenvalue weighted by atomic mass is 16.5. The predicted molar refractivity (Wildman–Crippen MR) is 59.9 cm³/mol. The molecule has 1 aliphatic rings. The zero-order valence-corrected chi connectivity index (χ0v) is 10.1. The fourth-order valence-electron chi connectivity index (χ4n) is 1.70. The molecule has 0 atom stereocenters. The van der Waals surface area contributed by atoms with Gasteiger partial charge in [-0.2, -0.15) is 0 Å². The molecular formula is C11H20N2O3. The second kappa shape index (κ2) is 6.48. The lowest BCUT2D eigenvalue weighted by Crippen LogP contribution is -2.47. The van der Waals surface area contributed by atoms with Gasteiger partial charge in [0.1, 0.15) is 0 Å². The lowest BCUT2D eigenvalue weighted by Gasteiger charge is -2.32. The fraction of sp³-hybridized carbons (Fsp3) is 0.818. The normalized spacial score (nSPS) is 17.2. The van der Waals surface area contributed by atoms with Crippen LogP contribution in [0.2, 0.25) is 0 Å². The van der Waals surface area contributed by atoms with Crippen LogP contribution in [0.4, 0.5) is 0 Å². The maximum Gasteiger partial charge on any atom is 0.305 e. The van der Waals surface area contributed by atoms with Crippen LogP contribution in [0.15, 0.2) is 0 Å². The highest BCUT2D eigenvalue weighted by Crippen LogP contribution is 2.05. The van der Waals surface area contributed by atoms with E-state index in [2.05, 4.69) is 16.7 Å². The van der Waals surface area contributed by atoms with Crippen LogP contribution in [-0.4, -0.2) is 62.0 Å². The van der Waals surface area contributed by atoms with Crippen molar-refractivity contribution in [3.8, 4) is 0 Å². The summed E-state index contributed by atoms with van der Waals surface area (Å²) in [6.07, 6.45) is 1.35. The zero-order valence-electron chi connectivity index (χ0n) is 10.1. The molecule has 0 N–H and O–H groups in total. The SMILES string of the molecule is COC(=O)CCCC(=O)N1CCN(C)CC1. The van der Waals surface area contributed by atoms with Gasteiger partial charge in [-0.1, -0.05) is 0 Å². The summed E-state index contributed by atoms with van der Waals surface area (Å²) in [5, 5.41) is 0. The van der Waals surface area contributed by atoms with E-state index in [0.29, 0.717) is 19.3 Å². The van der Waals surface area contributed by atoms with Crippen LogP contribution in [-0.2, 0) is 14.3 Å². The number of amides is 1. The Kier molecular flexibility index (Phi) is 5.25. The van der Waals surface area contributed by atoms with Gasteiger partial charge in [-0.3, -0.25) is 9.59 Å². The molecule has 0 unspecified atom stereocenters. The van der Waals surface area contributed by atoms with Crippen LogP contribution in [0.3, 0.4) is 0 Å². The third-order valence-corrected chi connectivity index (χ3v) is 2.86. The largest absolute Gasteiger partial charge is 0.469 e. The van der Waals surface area contributed by atoms with E-state index in [4.69, 9.17) is 0 Å². The molecule has 1 fully saturated rings. The number of piperazine rings is 1. The first-order chi connectivity index (χ1) is 7.63. The Balaban J connectivity index is 2.17. The first-order valence-corrected chi connectivity index (χ1v) is 5.66. The molecule has 0 aromatic rings. The van der Waals surface area contributed by atoms with E-state index in [0.717, 1.165) is 26.2 Å². The molecule has 1 rings (SSSR count). The van der Waals surface area contributed by atoms with E-state index in [1.54, 1.807) is 0 Å². The summed E-state index contributed by atoms with van der Waals surface area (Å²) in [5.74, 6) is -0.0943. The lowest BCUT2D eigenvalue weighted by atomic mass is 10.2. The Morgan fingerprint density at radius 1 is 1.12 bits per heavy atom. The number of hydrogen-bond donors (Lipinski definition) is 0. The van der Waals surface area contributed by atoms with Crippen molar-refractivity contribution in [3.05, 3.63) is 0 Å². The van der Waals surface area contributed by atoms with Gasteiger partial charge >= 0.3 is 5.97 Å². The van der Waals surface area contributed by atoms with Crippen molar-refractivity contribution in [2.24, 2.45) is 0 Å². The first kappa shape index (κ1) is 13.0. The van der Waals surface area contributed by atoms with Crippen molar-refractivity contribution >= 4 is 11.9 Å². The lowest BCUT2D eigenvalue weighted by molar-refractivity contribution is -0.141. The van der Waals surface area contributed by atoms with Gasteiger partial charge in [0, 0.05) is 39.0 Å². The molecule has 0 spiro atoms. The standard InChI is InChI=1S/C11H20N2O3/c1-12-6-8-13(9-7-12)10(14)4-3-5-11(15)16-2/h3-9H2,1-2H3. The molecule has 92 valence electrons. The quantitative estimate of drug-likeness (QED) is 0.641. The molecule has 1 aliphatic heterocycles. The summed E-state index contributed by atoms with van der Waals surface area (Å²) >= 11 is 0. The maximum atomic E-state index is 11.7. The molecule has 0 saturated carbocycles. The van der Waals surface area contributed by atoms with E-state index < -0.39 is 0 Å². The molecule has 0 aliphatic carbocycles. The third-order valence-electron chi connectivity index (χ3n) is 2.86. The maximum absolute atomic E-state index is 11.7. The average Bonchev–Trinajstić information content (AvgIpc) is 2.29. The molecule has 0 bridgehead atoms. The molecule has 0 aromatic carbocycles. The monoisotopic (exact) mass is 228 g/mol. The van der Waals surface area contributed by atoms with Gasteiger partial charge in [0.2, 0.25) is 5.91 Å². The molecule has 1 heterocycles. The second-order valence-electron chi connectivity index (χ2n) is 4.11. The average molecular weight is 228 g/mol. The van der Waals surface area contributed by atoms with Crippen molar-refractivity contribution < 1.29 is 14.3 Å². The molecule has 5 heteroatoms. The van der Waals surface area contributed by atoms with Crippen LogP contribution >= 0.6 is 0 Å². The van der Waals surface area contributed by atoms with Crippen LogP contribution in [0.25, 0.3) is 0 Å². The van der Waals surface area contributed by atoms with Crippen LogP contribution in [0.1, 0.15) is 19.3 Å². The Bertz CT molecular complexity index is 248. The van der Waals surface area contributed by atoms with Gasteiger partial charge in [0.05, 0.1) is 7.11 Å². The van der Waals surface area contributed by atoms with Crippen molar-refractivity contribution in [2.75, 3.05) is 40.3 Å². The van der Waals surface area contributed by atoms with Crippen LogP contribution in [0.5, 0.6) is 0 Å². The van der Waals surface area contributed by atoms with Crippen molar-refractivity contribution in [1.29, 1.82) is 0 Å². The number of esters is 1. The number of carbonyl (C=O) groups is 2. The molecule has 0 aromatic heterocycles. The molecule has 16 heavy (non-hydrogen) atoms. The summed E-state index contributed by atoms with van der Waals surface area (Å²) in [6.45, 7) is 3.46. The minimum Gasteiger partial charge on any atom is -0.469 e. The molecule has 5 nitrogen and oxygen atoms in total. The van der Waals surface area contributed by atoms with Crippen molar-refractivity contribution in [2.45, 2.75) is 19.3 Å². The number of rotatable bonds is 4. The van der Waals surface area contributed by atoms with Crippen LogP contribution in [0, 0.1) is 0 Å². The molecule has 0 radical (unpaired) electrons. The van der Waals surface area contributed by atoms with Crippen molar-refractivity contribution in [1.82, 2.24) is 9.80 Å². The number of likely N-dealkylation sites (N-methyl/N-ethyl adjacent to an activating group) is 1. The topological polar surface area (TPSA) is 49.9 Å². The van der Waals surface area contributed by atoms with E-state index in [9.17, 15) is 9.59 Å². The summed E-state index contributed by atoms with van der Waals surface area (Å²) in [7, 11) is 3.42. The van der Waals surface area contributed by atoms with Gasteiger partial charge < -0.3 is 14.5 Å². The zero-order chi connectivity index (χ0) is 12.0. The van der Waals surface area contributed by atoms with E-state index in [1.807, 2.05) is 4.90 Å². The summed E-state index contributed by atoms with van der Waals surface area (Å²) < 4.78 is 4.52. The minimum atomic E-state index is -0.244. The molecular weight excluding hydrogens is 208 g/mol. The highest BCUT2D eigenvalue weighted by molar-refractivity contribution is 5.77. The number of ether oxygens (including phenoxy) is 1. The Hall–Kier alpha value is -1.10. The predicted octanol–water partition coefficient (Wildman–Crippen LogP) is 0.104.